The number of hydrogen-bond donors (Lipinski definition) is 1. The molecule has 114 valence electrons. The topological polar surface area (TPSA) is 84.5 Å². The number of aromatic nitrogens is 2. The molecule has 1 aliphatic rings. The lowest BCUT2D eigenvalue weighted by Gasteiger charge is -2.35. The van der Waals surface area contributed by atoms with E-state index in [9.17, 15) is 8.42 Å². The minimum absolute atomic E-state index is 0.222. The Morgan fingerprint density at radius 1 is 1.19 bits per heavy atom. The van der Waals surface area contributed by atoms with Gasteiger partial charge in [0.05, 0.1) is 10.4 Å². The summed E-state index contributed by atoms with van der Waals surface area (Å²) in [6.45, 7) is 3.53. The van der Waals surface area contributed by atoms with Crippen LogP contribution in [0.1, 0.15) is 0 Å². The lowest BCUT2D eigenvalue weighted by atomic mass is 10.3. The van der Waals surface area contributed by atoms with E-state index in [2.05, 4.69) is 21.9 Å². The van der Waals surface area contributed by atoms with E-state index >= 15 is 0 Å². The highest BCUT2D eigenvalue weighted by Gasteiger charge is 2.22. The van der Waals surface area contributed by atoms with Gasteiger partial charge in [0.15, 0.2) is 9.84 Å². The number of piperazine rings is 1. The molecule has 3 rings (SSSR count). The summed E-state index contributed by atoms with van der Waals surface area (Å²) in [4.78, 5) is 6.75. The van der Waals surface area contributed by atoms with Crippen molar-refractivity contribution >= 4 is 26.8 Å². The number of benzene rings is 1. The maximum Gasteiger partial charge on any atom is 0.220 e. The van der Waals surface area contributed by atoms with Crippen LogP contribution >= 0.6 is 0 Å². The van der Waals surface area contributed by atoms with Crippen molar-refractivity contribution in [2.45, 2.75) is 4.90 Å². The maximum absolute atomic E-state index is 11.9. The predicted molar refractivity (Wildman–Crippen MR) is 82.7 cm³/mol. The van der Waals surface area contributed by atoms with Crippen molar-refractivity contribution in [3.8, 4) is 0 Å². The number of anilines is 1. The van der Waals surface area contributed by atoms with Crippen LogP contribution in [0.4, 0.5) is 5.95 Å². The number of para-hydroxylation sites is 1. The molecule has 0 spiro atoms. The van der Waals surface area contributed by atoms with Crippen LogP contribution in [0.2, 0.25) is 0 Å². The van der Waals surface area contributed by atoms with E-state index in [4.69, 9.17) is 5.73 Å². The number of imidazole rings is 1. The maximum atomic E-state index is 11.9. The number of sulfone groups is 1. The molecule has 1 aromatic heterocycles. The van der Waals surface area contributed by atoms with Crippen LogP contribution in [0.25, 0.3) is 11.0 Å². The molecule has 7 nitrogen and oxygen atoms in total. The first-order valence-corrected chi connectivity index (χ1v) is 8.68. The molecule has 0 saturated carbocycles. The van der Waals surface area contributed by atoms with Crippen molar-refractivity contribution in [1.82, 2.24) is 14.6 Å². The van der Waals surface area contributed by atoms with Crippen LogP contribution in [-0.4, -0.2) is 62.5 Å². The molecule has 0 atom stereocenters. The Morgan fingerprint density at radius 2 is 1.86 bits per heavy atom. The van der Waals surface area contributed by atoms with E-state index < -0.39 is 9.84 Å². The van der Waals surface area contributed by atoms with E-state index in [1.807, 2.05) is 10.7 Å². The summed E-state index contributed by atoms with van der Waals surface area (Å²) in [7, 11) is -1.25. The van der Waals surface area contributed by atoms with Gasteiger partial charge in [0.2, 0.25) is 5.95 Å². The molecule has 1 fully saturated rings. The zero-order valence-electron chi connectivity index (χ0n) is 12.2. The van der Waals surface area contributed by atoms with Crippen molar-refractivity contribution < 1.29 is 8.42 Å². The number of fused-ring (bicyclic) bond motifs is 1. The summed E-state index contributed by atoms with van der Waals surface area (Å²) in [5.41, 5.74) is 7.21. The second kappa shape index (κ2) is 4.88. The molecular formula is C13H19N5O2S. The highest BCUT2D eigenvalue weighted by Crippen LogP contribution is 2.25. The Bertz CT molecular complexity index is 775. The van der Waals surface area contributed by atoms with E-state index in [0.717, 1.165) is 31.7 Å². The predicted octanol–water partition coefficient (Wildman–Crippen LogP) is -0.0946. The van der Waals surface area contributed by atoms with E-state index in [-0.39, 0.29) is 4.90 Å². The Morgan fingerprint density at radius 3 is 2.48 bits per heavy atom. The summed E-state index contributed by atoms with van der Waals surface area (Å²) in [5, 5.41) is 2.11. The number of nitrogens with two attached hydrogens (primary N) is 1. The molecule has 2 N–H and O–H groups in total. The molecular weight excluding hydrogens is 290 g/mol. The summed E-state index contributed by atoms with van der Waals surface area (Å²) in [6, 6.07) is 5.15. The quantitative estimate of drug-likeness (QED) is 0.834. The van der Waals surface area contributed by atoms with Gasteiger partial charge in [-0.2, -0.15) is 0 Å². The molecule has 0 amide bonds. The van der Waals surface area contributed by atoms with Crippen LogP contribution in [0.5, 0.6) is 0 Å². The molecule has 2 heterocycles. The summed E-state index contributed by atoms with van der Waals surface area (Å²) < 4.78 is 25.6. The first-order chi connectivity index (χ1) is 9.88. The van der Waals surface area contributed by atoms with Crippen LogP contribution in [-0.2, 0) is 9.84 Å². The molecule has 21 heavy (non-hydrogen) atoms. The van der Waals surface area contributed by atoms with E-state index in [0.29, 0.717) is 11.5 Å². The first-order valence-electron chi connectivity index (χ1n) is 6.78. The van der Waals surface area contributed by atoms with Gasteiger partial charge in [0, 0.05) is 32.4 Å². The smallest absolute Gasteiger partial charge is 0.220 e. The summed E-state index contributed by atoms with van der Waals surface area (Å²) in [5.74, 6) is 0.325. The summed E-state index contributed by atoms with van der Waals surface area (Å²) in [6.07, 6.45) is 1.19. The molecule has 0 aliphatic carbocycles. The summed E-state index contributed by atoms with van der Waals surface area (Å²) >= 11 is 0. The number of likely N-dealkylation sites (N-methyl/N-ethyl adjacent to an activating group) is 1. The number of rotatable bonds is 2. The lowest BCUT2D eigenvalue weighted by molar-refractivity contribution is 0.290. The zero-order chi connectivity index (χ0) is 15.2. The number of nitrogen functional groups attached to an aromatic ring is 1. The molecule has 1 saturated heterocycles. The van der Waals surface area contributed by atoms with Crippen LogP contribution < -0.4 is 10.7 Å². The van der Waals surface area contributed by atoms with Gasteiger partial charge in [-0.1, -0.05) is 6.07 Å². The van der Waals surface area contributed by atoms with Crippen molar-refractivity contribution in [2.24, 2.45) is 0 Å². The average molecular weight is 309 g/mol. The molecule has 0 radical (unpaired) electrons. The number of hydrogen-bond acceptors (Lipinski definition) is 6. The van der Waals surface area contributed by atoms with Crippen molar-refractivity contribution in [1.29, 1.82) is 0 Å². The van der Waals surface area contributed by atoms with Crippen molar-refractivity contribution in [3.63, 3.8) is 0 Å². The molecule has 1 aromatic carbocycles. The van der Waals surface area contributed by atoms with Crippen LogP contribution in [0.15, 0.2) is 23.1 Å². The third-order valence-corrected chi connectivity index (χ3v) is 4.94. The van der Waals surface area contributed by atoms with Gasteiger partial charge in [0.1, 0.15) is 5.52 Å². The Labute approximate surface area is 123 Å². The minimum atomic E-state index is -3.33. The Balaban J connectivity index is 2.14. The lowest BCUT2D eigenvalue weighted by Crippen LogP contribution is -2.50. The molecule has 8 heteroatoms. The number of nitrogens with zero attached hydrogens (tertiary/aromatic N) is 4. The first kappa shape index (κ1) is 14.2. The second-order valence-corrected chi connectivity index (χ2v) is 7.42. The van der Waals surface area contributed by atoms with Gasteiger partial charge in [-0.25, -0.2) is 18.1 Å². The Hall–Kier alpha value is -1.80. The largest absolute Gasteiger partial charge is 0.368 e. The fraction of sp³-hybridized carbons (Fsp3) is 0.462. The molecule has 2 aromatic rings. The van der Waals surface area contributed by atoms with Crippen molar-refractivity contribution in [2.75, 3.05) is 50.2 Å². The zero-order valence-corrected chi connectivity index (χ0v) is 13.0. The normalized spacial score (nSPS) is 17.5. The van der Waals surface area contributed by atoms with Gasteiger partial charge in [-0.15, -0.1) is 0 Å². The monoisotopic (exact) mass is 309 g/mol. The third kappa shape index (κ3) is 2.44. The second-order valence-electron chi connectivity index (χ2n) is 5.43. The van der Waals surface area contributed by atoms with Crippen molar-refractivity contribution in [3.05, 3.63) is 18.2 Å². The molecule has 1 aliphatic heterocycles. The molecule has 0 bridgehead atoms. The fourth-order valence-corrected chi connectivity index (χ4v) is 3.50. The average Bonchev–Trinajstić information content (AvgIpc) is 2.74. The van der Waals surface area contributed by atoms with Gasteiger partial charge >= 0.3 is 0 Å². The SMILES string of the molecule is CN1CCN(n2c(N)nc3c(S(C)(=O)=O)cccc32)CC1. The van der Waals surface area contributed by atoms with Crippen LogP contribution in [0.3, 0.4) is 0 Å². The van der Waals surface area contributed by atoms with E-state index in [1.165, 1.54) is 6.26 Å². The highest BCUT2D eigenvalue weighted by molar-refractivity contribution is 7.91. The van der Waals surface area contributed by atoms with Gasteiger partial charge in [0.25, 0.3) is 0 Å². The Kier molecular flexibility index (Phi) is 3.29. The van der Waals surface area contributed by atoms with Crippen LogP contribution in [0, 0.1) is 0 Å². The highest BCUT2D eigenvalue weighted by atomic mass is 32.2. The molecule has 0 unspecified atom stereocenters. The van der Waals surface area contributed by atoms with Gasteiger partial charge in [-0.05, 0) is 19.2 Å². The fourth-order valence-electron chi connectivity index (χ4n) is 2.67. The van der Waals surface area contributed by atoms with Gasteiger partial charge < -0.3 is 15.6 Å². The van der Waals surface area contributed by atoms with E-state index in [1.54, 1.807) is 12.1 Å². The standard InChI is InChI=1S/C13H19N5O2S/c1-16-6-8-17(9-7-16)18-10-4-3-5-11(21(2,19)20)12(10)15-13(18)14/h3-5H,6-9H2,1-2H3,(H2,14,15). The third-order valence-electron chi connectivity index (χ3n) is 3.81. The van der Waals surface area contributed by atoms with Gasteiger partial charge in [-0.3, -0.25) is 0 Å². The minimum Gasteiger partial charge on any atom is -0.368 e.